The Kier molecular flexibility index (Phi) is 5.85. The number of methoxy groups -OCH3 is 1. The Labute approximate surface area is 134 Å². The Bertz CT molecular complexity index is 660. The highest BCUT2D eigenvalue weighted by atomic mass is 19.1. The summed E-state index contributed by atoms with van der Waals surface area (Å²) in [6.45, 7) is 4.33. The second-order valence-electron chi connectivity index (χ2n) is 5.14. The van der Waals surface area contributed by atoms with E-state index in [-0.39, 0.29) is 17.7 Å². The summed E-state index contributed by atoms with van der Waals surface area (Å²) >= 11 is 0. The van der Waals surface area contributed by atoms with Crippen molar-refractivity contribution in [3.05, 3.63) is 41.8 Å². The highest BCUT2D eigenvalue weighted by Crippen LogP contribution is 2.16. The Morgan fingerprint density at radius 1 is 1.30 bits per heavy atom. The Morgan fingerprint density at radius 3 is 2.70 bits per heavy atom. The second kappa shape index (κ2) is 8.07. The van der Waals surface area contributed by atoms with Gasteiger partial charge in [-0.1, -0.05) is 31.1 Å². The van der Waals surface area contributed by atoms with E-state index in [9.17, 15) is 4.39 Å². The summed E-state index contributed by atoms with van der Waals surface area (Å²) in [4.78, 5) is 12.7. The van der Waals surface area contributed by atoms with Crippen molar-refractivity contribution in [1.82, 2.24) is 9.97 Å². The van der Waals surface area contributed by atoms with Crippen LogP contribution < -0.4 is 14.9 Å². The van der Waals surface area contributed by atoms with Gasteiger partial charge in [-0.15, -0.1) is 0 Å². The molecule has 0 fully saturated rings. The minimum absolute atomic E-state index is 0.0134. The third-order valence-electron chi connectivity index (χ3n) is 2.83. The van der Waals surface area contributed by atoms with Crippen molar-refractivity contribution in [2.24, 2.45) is 11.1 Å². The molecular weight excluding hydrogens is 299 g/mol. The van der Waals surface area contributed by atoms with Gasteiger partial charge in [0.25, 0.3) is 0 Å². The van der Waals surface area contributed by atoms with Gasteiger partial charge < -0.3 is 14.9 Å². The first-order valence-electron chi connectivity index (χ1n) is 7.18. The number of oxime groups is 1. The normalized spacial score (nSPS) is 11.0. The second-order valence-corrected chi connectivity index (χ2v) is 5.14. The summed E-state index contributed by atoms with van der Waals surface area (Å²) < 4.78 is 18.8. The smallest absolute Gasteiger partial charge is 0.347 e. The van der Waals surface area contributed by atoms with E-state index in [1.807, 2.05) is 38.1 Å². The van der Waals surface area contributed by atoms with Gasteiger partial charge in [0.1, 0.15) is 5.75 Å². The van der Waals surface area contributed by atoms with E-state index in [1.54, 1.807) is 13.3 Å². The van der Waals surface area contributed by atoms with Crippen LogP contribution >= 0.6 is 0 Å². The van der Waals surface area contributed by atoms with Crippen molar-refractivity contribution >= 4 is 12.0 Å². The number of aromatic nitrogens is 2. The molecule has 1 aromatic carbocycles. The first-order valence-corrected chi connectivity index (χ1v) is 7.18. The molecule has 1 N–H and O–H groups in total. The van der Waals surface area contributed by atoms with Gasteiger partial charge >= 0.3 is 6.01 Å². The molecule has 6 nitrogen and oxygen atoms in total. The van der Waals surface area contributed by atoms with Gasteiger partial charge in [0.05, 0.1) is 13.3 Å². The maximum absolute atomic E-state index is 13.7. The average Bonchev–Trinajstić information content (AvgIpc) is 2.55. The van der Waals surface area contributed by atoms with E-state index in [1.165, 1.54) is 0 Å². The molecule has 2 rings (SSSR count). The molecule has 0 aliphatic carbocycles. The minimum Gasteiger partial charge on any atom is -0.497 e. The number of nitrogens with zero attached hydrogens (tertiary/aromatic N) is 3. The van der Waals surface area contributed by atoms with E-state index in [0.29, 0.717) is 6.54 Å². The molecule has 122 valence electrons. The molecule has 0 saturated carbocycles. The van der Waals surface area contributed by atoms with Crippen LogP contribution in [0.15, 0.2) is 35.6 Å². The molecule has 0 radical (unpaired) electrons. The Balaban J connectivity index is 2.00. The van der Waals surface area contributed by atoms with E-state index < -0.39 is 5.82 Å². The highest BCUT2D eigenvalue weighted by molar-refractivity contribution is 5.58. The quantitative estimate of drug-likeness (QED) is 0.627. The molecule has 1 aromatic heterocycles. The predicted octanol–water partition coefficient (Wildman–Crippen LogP) is 3.26. The van der Waals surface area contributed by atoms with Gasteiger partial charge in [-0.3, -0.25) is 0 Å². The third-order valence-corrected chi connectivity index (χ3v) is 2.83. The zero-order valence-corrected chi connectivity index (χ0v) is 13.3. The SMILES string of the molecule is COc1ccc(CNc2nc(ON=CC(C)C)ncc2F)cc1. The number of hydrogen-bond donors (Lipinski definition) is 1. The number of ether oxygens (including phenoxy) is 1. The van der Waals surface area contributed by atoms with Crippen LogP contribution in [0.1, 0.15) is 19.4 Å². The first kappa shape index (κ1) is 16.7. The Hall–Kier alpha value is -2.70. The first-order chi connectivity index (χ1) is 11.1. The van der Waals surface area contributed by atoms with Crippen molar-refractivity contribution < 1.29 is 14.0 Å². The van der Waals surface area contributed by atoms with Crippen LogP contribution in [-0.4, -0.2) is 23.3 Å². The maximum Gasteiger partial charge on any atom is 0.347 e. The van der Waals surface area contributed by atoms with Crippen LogP contribution in [-0.2, 0) is 6.54 Å². The topological polar surface area (TPSA) is 68.6 Å². The fourth-order valence-electron chi connectivity index (χ4n) is 1.65. The largest absolute Gasteiger partial charge is 0.497 e. The number of halogens is 1. The van der Waals surface area contributed by atoms with Crippen LogP contribution in [0.4, 0.5) is 10.2 Å². The predicted molar refractivity (Wildman–Crippen MR) is 86.3 cm³/mol. The van der Waals surface area contributed by atoms with Crippen molar-refractivity contribution in [3.63, 3.8) is 0 Å². The zero-order valence-electron chi connectivity index (χ0n) is 13.3. The fourth-order valence-corrected chi connectivity index (χ4v) is 1.65. The van der Waals surface area contributed by atoms with Gasteiger partial charge in [0, 0.05) is 12.8 Å². The summed E-state index contributed by atoms with van der Waals surface area (Å²) in [6.07, 6.45) is 2.65. The molecule has 0 saturated heterocycles. The summed E-state index contributed by atoms with van der Waals surface area (Å²) in [5, 5.41) is 6.64. The van der Waals surface area contributed by atoms with Crippen molar-refractivity contribution in [3.8, 4) is 11.8 Å². The van der Waals surface area contributed by atoms with Crippen LogP contribution in [0, 0.1) is 11.7 Å². The summed E-state index contributed by atoms with van der Waals surface area (Å²) in [5.74, 6) is 0.507. The molecule has 0 aliphatic rings. The molecule has 1 heterocycles. The van der Waals surface area contributed by atoms with E-state index >= 15 is 0 Å². The number of nitrogens with one attached hydrogen (secondary N) is 1. The fraction of sp³-hybridized carbons (Fsp3) is 0.312. The molecule has 0 spiro atoms. The van der Waals surface area contributed by atoms with E-state index in [4.69, 9.17) is 9.57 Å². The lowest BCUT2D eigenvalue weighted by atomic mass is 10.2. The lowest BCUT2D eigenvalue weighted by molar-refractivity contribution is 0.311. The van der Waals surface area contributed by atoms with E-state index in [0.717, 1.165) is 17.5 Å². The monoisotopic (exact) mass is 318 g/mol. The lowest BCUT2D eigenvalue weighted by Gasteiger charge is -2.08. The summed E-state index contributed by atoms with van der Waals surface area (Å²) in [7, 11) is 1.60. The van der Waals surface area contributed by atoms with Crippen LogP contribution in [0.25, 0.3) is 0 Å². The van der Waals surface area contributed by atoms with Crippen LogP contribution in [0.3, 0.4) is 0 Å². The van der Waals surface area contributed by atoms with Gasteiger partial charge in [-0.25, -0.2) is 4.39 Å². The molecule has 0 atom stereocenters. The van der Waals surface area contributed by atoms with Gasteiger partial charge in [-0.05, 0) is 23.6 Å². The summed E-state index contributed by atoms with van der Waals surface area (Å²) in [6, 6.07) is 7.43. The minimum atomic E-state index is -0.557. The number of benzene rings is 1. The molecule has 0 aliphatic heterocycles. The molecule has 0 unspecified atom stereocenters. The van der Waals surface area contributed by atoms with Crippen molar-refractivity contribution in [2.45, 2.75) is 20.4 Å². The van der Waals surface area contributed by atoms with Crippen LogP contribution in [0.2, 0.25) is 0 Å². The standard InChI is InChI=1S/C16H19FN4O2/c1-11(2)8-20-23-16-19-10-14(17)15(21-16)18-9-12-4-6-13(22-3)7-5-12/h4-8,10-11H,9H2,1-3H3,(H,18,19,21). The molecular formula is C16H19FN4O2. The van der Waals surface area contributed by atoms with Crippen LogP contribution in [0.5, 0.6) is 11.8 Å². The number of rotatable bonds is 7. The molecule has 0 bridgehead atoms. The van der Waals surface area contributed by atoms with Gasteiger partial charge in [0.15, 0.2) is 11.6 Å². The molecule has 0 amide bonds. The zero-order chi connectivity index (χ0) is 16.7. The van der Waals surface area contributed by atoms with Gasteiger partial charge in [-0.2, -0.15) is 9.97 Å². The molecule has 2 aromatic rings. The summed E-state index contributed by atoms with van der Waals surface area (Å²) in [5.41, 5.74) is 0.962. The highest BCUT2D eigenvalue weighted by Gasteiger charge is 2.08. The third kappa shape index (κ3) is 5.21. The van der Waals surface area contributed by atoms with Crippen molar-refractivity contribution in [2.75, 3.05) is 12.4 Å². The number of hydrogen-bond acceptors (Lipinski definition) is 6. The van der Waals surface area contributed by atoms with Crippen molar-refractivity contribution in [1.29, 1.82) is 0 Å². The van der Waals surface area contributed by atoms with E-state index in [2.05, 4.69) is 20.4 Å². The lowest BCUT2D eigenvalue weighted by Crippen LogP contribution is -2.05. The number of anilines is 1. The Morgan fingerprint density at radius 2 is 2.04 bits per heavy atom. The molecule has 7 heteroatoms. The average molecular weight is 318 g/mol. The van der Waals surface area contributed by atoms with Gasteiger partial charge in [0.2, 0.25) is 0 Å². The maximum atomic E-state index is 13.7. The molecule has 23 heavy (non-hydrogen) atoms.